The van der Waals surface area contributed by atoms with Crippen molar-refractivity contribution in [1.82, 2.24) is 9.66 Å². The Balaban J connectivity index is 1.75. The number of hydrogen-bond acceptors (Lipinski definition) is 5. The van der Waals surface area contributed by atoms with E-state index in [-0.39, 0.29) is 11.5 Å². The zero-order valence-electron chi connectivity index (χ0n) is 22.4. The van der Waals surface area contributed by atoms with Crippen molar-refractivity contribution in [2.45, 2.75) is 33.6 Å². The van der Waals surface area contributed by atoms with Crippen molar-refractivity contribution >= 4 is 27.9 Å². The molecule has 0 fully saturated rings. The topological polar surface area (TPSA) is 65.7 Å². The molecule has 0 unspecified atom stereocenters. The highest BCUT2D eigenvalue weighted by molar-refractivity contribution is 6.02. The Morgan fingerprint density at radius 3 is 2.37 bits per heavy atom. The quantitative estimate of drug-likeness (QED) is 0.225. The average Bonchev–Trinajstić information content (AvgIpc) is 2.92. The van der Waals surface area contributed by atoms with Gasteiger partial charge in [-0.15, -0.1) is 0 Å². The van der Waals surface area contributed by atoms with E-state index in [2.05, 4.69) is 19.9 Å². The Morgan fingerprint density at radius 2 is 1.66 bits per heavy atom. The van der Waals surface area contributed by atoms with Gasteiger partial charge >= 0.3 is 0 Å². The molecule has 0 amide bonds. The van der Waals surface area contributed by atoms with Gasteiger partial charge in [0.1, 0.15) is 11.5 Å². The van der Waals surface area contributed by atoms with Crippen LogP contribution in [-0.4, -0.2) is 29.6 Å². The van der Waals surface area contributed by atoms with E-state index >= 15 is 0 Å². The number of aromatic nitrogens is 2. The number of aryl methyl sites for hydroxylation is 1. The van der Waals surface area contributed by atoms with Crippen molar-refractivity contribution in [2.75, 3.05) is 13.7 Å². The second-order valence-corrected chi connectivity index (χ2v) is 9.51. The lowest BCUT2D eigenvalue weighted by Gasteiger charge is -2.18. The van der Waals surface area contributed by atoms with Gasteiger partial charge in [0.15, 0.2) is 5.82 Å². The first-order chi connectivity index (χ1) is 18.4. The molecule has 38 heavy (non-hydrogen) atoms. The normalized spacial score (nSPS) is 11.6. The number of benzene rings is 4. The first kappa shape index (κ1) is 25.2. The number of fused-ring (bicyclic) bond motifs is 2. The number of ether oxygens (including phenoxy) is 2. The van der Waals surface area contributed by atoms with E-state index in [9.17, 15) is 4.79 Å². The van der Waals surface area contributed by atoms with Gasteiger partial charge in [-0.3, -0.25) is 4.79 Å². The van der Waals surface area contributed by atoms with Crippen LogP contribution in [0.1, 0.15) is 43.4 Å². The number of para-hydroxylation sites is 1. The molecule has 0 atom stereocenters. The molecule has 6 nitrogen and oxygen atoms in total. The van der Waals surface area contributed by atoms with Crippen molar-refractivity contribution in [1.29, 1.82) is 0 Å². The minimum Gasteiger partial charge on any atom is -0.496 e. The van der Waals surface area contributed by atoms with E-state index in [4.69, 9.17) is 19.6 Å². The highest BCUT2D eigenvalue weighted by Crippen LogP contribution is 2.34. The fraction of sp³-hybridized carbons (Fsp3) is 0.219. The number of hydrogen-bond donors (Lipinski definition) is 0. The maximum absolute atomic E-state index is 13.8. The molecule has 1 aromatic heterocycles. The predicted octanol–water partition coefficient (Wildman–Crippen LogP) is 6.94. The average molecular weight is 506 g/mol. The molecule has 6 heteroatoms. The maximum atomic E-state index is 13.8. The summed E-state index contributed by atoms with van der Waals surface area (Å²) >= 11 is 0. The van der Waals surface area contributed by atoms with Gasteiger partial charge in [0, 0.05) is 16.5 Å². The third-order valence-electron chi connectivity index (χ3n) is 6.72. The van der Waals surface area contributed by atoms with Crippen LogP contribution in [0.15, 0.2) is 82.7 Å². The molecule has 0 aliphatic carbocycles. The van der Waals surface area contributed by atoms with Gasteiger partial charge < -0.3 is 9.47 Å². The predicted molar refractivity (Wildman–Crippen MR) is 155 cm³/mol. The lowest BCUT2D eigenvalue weighted by molar-refractivity contribution is 0.335. The van der Waals surface area contributed by atoms with Crippen LogP contribution in [0.3, 0.4) is 0 Å². The van der Waals surface area contributed by atoms with E-state index in [1.807, 2.05) is 74.5 Å². The standard InChI is InChI=1S/C32H31N3O3/c1-6-38-30-17-21(4)27(18-26(30)20(2)3)31-34-28-14-10-9-13-25(28)32(36)35(31)33-19-22-15-16-29(37-5)24-12-8-7-11-23(22)24/h7-20H,6H2,1-5H3. The lowest BCUT2D eigenvalue weighted by Crippen LogP contribution is -2.21. The van der Waals surface area contributed by atoms with Crippen LogP contribution >= 0.6 is 0 Å². The van der Waals surface area contributed by atoms with Gasteiger partial charge in [0.2, 0.25) is 0 Å². The van der Waals surface area contributed by atoms with Crippen LogP contribution in [0.4, 0.5) is 0 Å². The van der Waals surface area contributed by atoms with Crippen LogP contribution in [0.5, 0.6) is 11.5 Å². The molecule has 1 heterocycles. The molecule has 0 aliphatic rings. The van der Waals surface area contributed by atoms with Gasteiger partial charge in [-0.05, 0) is 72.7 Å². The summed E-state index contributed by atoms with van der Waals surface area (Å²) in [4.78, 5) is 18.7. The number of rotatable bonds is 7. The van der Waals surface area contributed by atoms with E-state index in [1.165, 1.54) is 4.68 Å². The van der Waals surface area contributed by atoms with Crippen LogP contribution in [0, 0.1) is 6.92 Å². The highest BCUT2D eigenvalue weighted by Gasteiger charge is 2.18. The van der Waals surface area contributed by atoms with Gasteiger partial charge in [0.25, 0.3) is 5.56 Å². The summed E-state index contributed by atoms with van der Waals surface area (Å²) in [6.45, 7) is 8.83. The monoisotopic (exact) mass is 505 g/mol. The highest BCUT2D eigenvalue weighted by atomic mass is 16.5. The van der Waals surface area contributed by atoms with Crippen molar-refractivity contribution in [3.05, 3.63) is 99.8 Å². The first-order valence-corrected chi connectivity index (χ1v) is 12.8. The summed E-state index contributed by atoms with van der Waals surface area (Å²) in [7, 11) is 1.66. The summed E-state index contributed by atoms with van der Waals surface area (Å²) in [6.07, 6.45) is 1.72. The second-order valence-electron chi connectivity index (χ2n) is 9.51. The molecule has 5 aromatic rings. The second kappa shape index (κ2) is 10.5. The Kier molecular flexibility index (Phi) is 6.97. The van der Waals surface area contributed by atoms with Crippen molar-refractivity contribution in [3.63, 3.8) is 0 Å². The summed E-state index contributed by atoms with van der Waals surface area (Å²) in [5.74, 6) is 2.36. The zero-order valence-corrected chi connectivity index (χ0v) is 22.4. The largest absolute Gasteiger partial charge is 0.496 e. The van der Waals surface area contributed by atoms with E-state index in [0.29, 0.717) is 23.3 Å². The summed E-state index contributed by atoms with van der Waals surface area (Å²) in [6, 6.07) is 23.3. The molecular weight excluding hydrogens is 474 g/mol. The molecule has 0 saturated heterocycles. The van der Waals surface area contributed by atoms with Gasteiger partial charge in [-0.25, -0.2) is 4.98 Å². The minimum absolute atomic E-state index is 0.223. The Hall–Kier alpha value is -4.45. The van der Waals surface area contributed by atoms with E-state index in [1.54, 1.807) is 19.4 Å². The number of methoxy groups -OCH3 is 1. The Morgan fingerprint density at radius 1 is 0.947 bits per heavy atom. The van der Waals surface area contributed by atoms with Crippen molar-refractivity contribution < 1.29 is 9.47 Å². The van der Waals surface area contributed by atoms with Crippen LogP contribution in [-0.2, 0) is 0 Å². The third kappa shape index (κ3) is 4.54. The zero-order chi connectivity index (χ0) is 26.8. The van der Waals surface area contributed by atoms with Crippen LogP contribution in [0.25, 0.3) is 33.1 Å². The van der Waals surface area contributed by atoms with Gasteiger partial charge in [0.05, 0.1) is 30.8 Å². The smallest absolute Gasteiger partial charge is 0.282 e. The Labute approximate surface area is 222 Å². The van der Waals surface area contributed by atoms with Crippen molar-refractivity contribution in [3.8, 4) is 22.9 Å². The van der Waals surface area contributed by atoms with Gasteiger partial charge in [-0.2, -0.15) is 9.78 Å². The molecule has 4 aromatic carbocycles. The Bertz CT molecular complexity index is 1730. The minimum atomic E-state index is -0.223. The molecule has 0 spiro atoms. The summed E-state index contributed by atoms with van der Waals surface area (Å²) < 4.78 is 12.9. The molecule has 192 valence electrons. The lowest BCUT2D eigenvalue weighted by atomic mass is 9.96. The summed E-state index contributed by atoms with van der Waals surface area (Å²) in [5, 5.41) is 7.20. The SMILES string of the molecule is CCOc1cc(C)c(-c2nc3ccccc3c(=O)n2N=Cc2ccc(OC)c3ccccc23)cc1C(C)C. The van der Waals surface area contributed by atoms with Crippen molar-refractivity contribution in [2.24, 2.45) is 5.10 Å². The van der Waals surface area contributed by atoms with E-state index < -0.39 is 0 Å². The van der Waals surface area contributed by atoms with Crippen LogP contribution in [0.2, 0.25) is 0 Å². The summed E-state index contributed by atoms with van der Waals surface area (Å²) in [5.41, 5.74) is 4.15. The van der Waals surface area contributed by atoms with E-state index in [0.717, 1.165) is 44.5 Å². The maximum Gasteiger partial charge on any atom is 0.282 e. The molecule has 5 rings (SSSR count). The molecule has 0 aliphatic heterocycles. The molecule has 0 radical (unpaired) electrons. The molecule has 0 bridgehead atoms. The fourth-order valence-corrected chi connectivity index (χ4v) is 4.78. The molecule has 0 N–H and O–H groups in total. The number of nitrogens with zero attached hydrogens (tertiary/aromatic N) is 3. The van der Waals surface area contributed by atoms with Crippen LogP contribution < -0.4 is 15.0 Å². The molecule has 0 saturated carbocycles. The van der Waals surface area contributed by atoms with Gasteiger partial charge in [-0.1, -0.05) is 50.2 Å². The first-order valence-electron chi connectivity index (χ1n) is 12.8. The third-order valence-corrected chi connectivity index (χ3v) is 6.72. The fourth-order valence-electron chi connectivity index (χ4n) is 4.78. The molecular formula is C32H31N3O3.